The third-order valence-electron chi connectivity index (χ3n) is 4.97. The average Bonchev–Trinajstić information content (AvgIpc) is 2.96. The number of fused-ring (bicyclic) bond motifs is 1. The summed E-state index contributed by atoms with van der Waals surface area (Å²) >= 11 is 5.78. The third-order valence-corrected chi connectivity index (χ3v) is 6.68. The lowest BCUT2D eigenvalue weighted by Gasteiger charge is -2.12. The average molecular weight is 446 g/mol. The van der Waals surface area contributed by atoms with Crippen LogP contribution in [0.25, 0.3) is 11.4 Å². The van der Waals surface area contributed by atoms with Crippen molar-refractivity contribution in [2.24, 2.45) is 0 Å². The Morgan fingerprint density at radius 1 is 1.07 bits per heavy atom. The highest BCUT2D eigenvalue weighted by atomic mass is 35.5. The van der Waals surface area contributed by atoms with Gasteiger partial charge in [-0.2, -0.15) is 0 Å². The Balaban J connectivity index is 1.58. The van der Waals surface area contributed by atoms with E-state index < -0.39 is 16.0 Å². The first-order valence-electron chi connectivity index (χ1n) is 9.41. The molecule has 0 aliphatic carbocycles. The number of carboxylic acid groups (broad SMARTS) is 1. The van der Waals surface area contributed by atoms with Crippen LogP contribution < -0.4 is 9.83 Å². The van der Waals surface area contributed by atoms with Gasteiger partial charge in [0, 0.05) is 34.8 Å². The number of benzene rings is 2. The number of nitrogens with zero attached hydrogens (tertiary/aromatic N) is 3. The molecule has 10 heteroatoms. The van der Waals surface area contributed by atoms with E-state index in [1.165, 1.54) is 12.1 Å². The minimum Gasteiger partial charge on any atom is -0.545 e. The van der Waals surface area contributed by atoms with Crippen LogP contribution in [-0.2, 0) is 23.0 Å². The molecule has 1 aliphatic heterocycles. The highest BCUT2D eigenvalue weighted by Gasteiger charge is 2.18. The van der Waals surface area contributed by atoms with Crippen LogP contribution in [0.3, 0.4) is 0 Å². The minimum absolute atomic E-state index is 0.0919. The zero-order valence-electron chi connectivity index (χ0n) is 15.8. The molecule has 1 N–H and O–H groups in total. The molecule has 0 spiro atoms. The van der Waals surface area contributed by atoms with Gasteiger partial charge in [0.05, 0.1) is 10.9 Å². The Kier molecular flexibility index (Phi) is 5.48. The van der Waals surface area contributed by atoms with Crippen LogP contribution in [0.2, 0.25) is 5.02 Å². The predicted octanol–water partition coefficient (Wildman–Crippen LogP) is 2.49. The number of hydrogen-bond donors (Lipinski definition) is 1. The quantitative estimate of drug-likeness (QED) is 0.644. The molecule has 0 saturated heterocycles. The van der Waals surface area contributed by atoms with Crippen molar-refractivity contribution in [1.82, 2.24) is 14.8 Å². The van der Waals surface area contributed by atoms with Crippen molar-refractivity contribution in [3.05, 3.63) is 58.9 Å². The molecule has 30 heavy (non-hydrogen) atoms. The molecule has 8 nitrogen and oxygen atoms in total. The van der Waals surface area contributed by atoms with Gasteiger partial charge in [0.1, 0.15) is 5.82 Å². The molecule has 0 unspecified atom stereocenters. The molecule has 0 bridgehead atoms. The van der Waals surface area contributed by atoms with Gasteiger partial charge in [-0.05, 0) is 55.3 Å². The van der Waals surface area contributed by atoms with E-state index in [-0.39, 0.29) is 15.5 Å². The molecule has 0 amide bonds. The van der Waals surface area contributed by atoms with E-state index in [2.05, 4.69) is 19.5 Å². The second-order valence-electron chi connectivity index (χ2n) is 7.01. The van der Waals surface area contributed by atoms with Crippen LogP contribution in [0, 0.1) is 0 Å². The first kappa shape index (κ1) is 20.4. The van der Waals surface area contributed by atoms with Gasteiger partial charge >= 0.3 is 0 Å². The van der Waals surface area contributed by atoms with Crippen LogP contribution in [0.1, 0.15) is 35.4 Å². The predicted molar refractivity (Wildman–Crippen MR) is 110 cm³/mol. The summed E-state index contributed by atoms with van der Waals surface area (Å²) in [5.41, 5.74) is 0.783. The molecule has 156 valence electrons. The van der Waals surface area contributed by atoms with Gasteiger partial charge in [-0.15, -0.1) is 10.2 Å². The molecule has 4 rings (SSSR count). The highest BCUT2D eigenvalue weighted by molar-refractivity contribution is 7.92. The van der Waals surface area contributed by atoms with E-state index >= 15 is 0 Å². The maximum absolute atomic E-state index is 12.6. The second-order valence-corrected chi connectivity index (χ2v) is 9.10. The molecule has 1 aromatic heterocycles. The number of aromatic carboxylic acids is 1. The summed E-state index contributed by atoms with van der Waals surface area (Å²) < 4.78 is 29.8. The number of sulfonamides is 1. The lowest BCUT2D eigenvalue weighted by molar-refractivity contribution is -0.255. The van der Waals surface area contributed by atoms with E-state index in [9.17, 15) is 18.3 Å². The monoisotopic (exact) mass is 445 g/mol. The number of anilines is 1. The molecule has 0 radical (unpaired) electrons. The number of carbonyl (C=O) groups excluding carboxylic acids is 1. The van der Waals surface area contributed by atoms with Crippen LogP contribution >= 0.6 is 11.6 Å². The van der Waals surface area contributed by atoms with Crippen LogP contribution in [0.5, 0.6) is 0 Å². The number of aryl methyl sites for hydroxylation is 1. The Bertz CT molecular complexity index is 1210. The maximum atomic E-state index is 12.6. The number of carbonyl (C=O) groups is 1. The largest absolute Gasteiger partial charge is 0.545 e. The summed E-state index contributed by atoms with van der Waals surface area (Å²) in [6.45, 7) is 0.864. The number of aromatic nitrogens is 3. The first-order valence-corrected chi connectivity index (χ1v) is 11.3. The van der Waals surface area contributed by atoms with Gasteiger partial charge in [0.2, 0.25) is 0 Å². The molecule has 1 aliphatic rings. The van der Waals surface area contributed by atoms with Crippen molar-refractivity contribution >= 4 is 33.3 Å². The van der Waals surface area contributed by atoms with Crippen molar-refractivity contribution in [3.8, 4) is 11.4 Å². The van der Waals surface area contributed by atoms with Crippen LogP contribution in [-0.4, -0.2) is 29.2 Å². The molecule has 0 fully saturated rings. The molecular formula is C20H18ClN4O4S-. The standard InChI is InChI=1S/C20H19ClN4O4S/c21-17-10-9-15(12-16(17)20(26)27)30(28,29)24-14-7-5-13(6-8-14)19-23-22-18-4-2-1-3-11-25(18)19/h5-10,12,24H,1-4,11H2,(H,26,27)/p-1. The van der Waals surface area contributed by atoms with Gasteiger partial charge in [0.15, 0.2) is 5.82 Å². The van der Waals surface area contributed by atoms with Crippen molar-refractivity contribution in [3.63, 3.8) is 0 Å². The van der Waals surface area contributed by atoms with Crippen LogP contribution in [0.4, 0.5) is 5.69 Å². The lowest BCUT2D eigenvalue weighted by Crippen LogP contribution is -2.23. The number of rotatable bonds is 5. The van der Waals surface area contributed by atoms with Crippen molar-refractivity contribution in [2.45, 2.75) is 37.1 Å². The van der Waals surface area contributed by atoms with E-state index in [1.807, 2.05) is 0 Å². The second kappa shape index (κ2) is 8.08. The van der Waals surface area contributed by atoms with E-state index in [4.69, 9.17) is 11.6 Å². The topological polar surface area (TPSA) is 117 Å². The van der Waals surface area contributed by atoms with Crippen molar-refractivity contribution < 1.29 is 18.3 Å². The number of hydrogen-bond acceptors (Lipinski definition) is 6. The summed E-state index contributed by atoms with van der Waals surface area (Å²) in [5, 5.41) is 19.6. The fraction of sp³-hybridized carbons (Fsp3) is 0.250. The first-order chi connectivity index (χ1) is 14.3. The smallest absolute Gasteiger partial charge is 0.261 e. The van der Waals surface area contributed by atoms with Gasteiger partial charge in [-0.3, -0.25) is 4.72 Å². The number of halogens is 1. The van der Waals surface area contributed by atoms with E-state index in [0.717, 1.165) is 55.5 Å². The maximum Gasteiger partial charge on any atom is 0.261 e. The Morgan fingerprint density at radius 2 is 1.83 bits per heavy atom. The summed E-state index contributed by atoms with van der Waals surface area (Å²) in [4.78, 5) is 10.9. The van der Waals surface area contributed by atoms with Crippen molar-refractivity contribution in [1.29, 1.82) is 0 Å². The van der Waals surface area contributed by atoms with Crippen LogP contribution in [0.15, 0.2) is 47.4 Å². The number of nitrogens with one attached hydrogen (secondary N) is 1. The molecule has 2 aromatic carbocycles. The molecule has 2 heterocycles. The molecule has 0 saturated carbocycles. The fourth-order valence-corrected chi connectivity index (χ4v) is 4.71. The normalized spacial score (nSPS) is 14.0. The zero-order chi connectivity index (χ0) is 21.3. The Labute approximate surface area is 178 Å². The SMILES string of the molecule is O=C([O-])c1cc(S(=O)(=O)Nc2ccc(-c3nnc4n3CCCCC4)cc2)ccc1Cl. The Hall–Kier alpha value is -2.91. The van der Waals surface area contributed by atoms with Gasteiger partial charge in [-0.25, -0.2) is 8.42 Å². The van der Waals surface area contributed by atoms with Gasteiger partial charge in [0.25, 0.3) is 10.0 Å². The molecular weight excluding hydrogens is 428 g/mol. The highest BCUT2D eigenvalue weighted by Crippen LogP contribution is 2.26. The number of carboxylic acids is 1. The van der Waals surface area contributed by atoms with E-state index in [1.54, 1.807) is 24.3 Å². The third kappa shape index (κ3) is 4.03. The summed E-state index contributed by atoms with van der Waals surface area (Å²) in [6, 6.07) is 10.2. The van der Waals surface area contributed by atoms with Gasteiger partial charge < -0.3 is 14.5 Å². The Morgan fingerprint density at radius 3 is 2.57 bits per heavy atom. The summed E-state index contributed by atoms with van der Waals surface area (Å²) in [7, 11) is -4.00. The van der Waals surface area contributed by atoms with Crippen molar-refractivity contribution in [2.75, 3.05) is 4.72 Å². The summed E-state index contributed by atoms with van der Waals surface area (Å²) in [5.74, 6) is 0.185. The zero-order valence-corrected chi connectivity index (χ0v) is 17.4. The lowest BCUT2D eigenvalue weighted by atomic mass is 10.2. The fourth-order valence-electron chi connectivity index (χ4n) is 3.43. The molecule has 0 atom stereocenters. The summed E-state index contributed by atoms with van der Waals surface area (Å²) in [6.07, 6.45) is 4.24. The minimum atomic E-state index is -4.00. The van der Waals surface area contributed by atoms with E-state index in [0.29, 0.717) is 5.69 Å². The molecule has 3 aromatic rings. The van der Waals surface area contributed by atoms with Gasteiger partial charge in [-0.1, -0.05) is 18.0 Å².